The first-order chi connectivity index (χ1) is 11.7. The Morgan fingerprint density at radius 1 is 0.750 bits per heavy atom. The van der Waals surface area contributed by atoms with E-state index >= 15 is 0 Å². The fraction of sp³-hybridized carbons (Fsp3) is 1.00. The Hall–Kier alpha value is -0.290. The molecule has 0 aromatic rings. The van der Waals surface area contributed by atoms with Gasteiger partial charge in [-0.05, 0) is 0 Å². The maximum atomic E-state index is 13.6. The van der Waals surface area contributed by atoms with E-state index in [1.54, 1.807) is 24.5 Å². The van der Waals surface area contributed by atoms with Gasteiger partial charge in [-0.2, -0.15) is 0 Å². The standard InChI is InChI=1S/C10H19B4F5N5/c15-1-5-20-10(9-19)21(6-2-16)14-23(8-4-18)12-22(7-3-17)13-24(14)11-20/h10H,1-9H2. The Morgan fingerprint density at radius 3 is 2.00 bits per heavy atom. The van der Waals surface area contributed by atoms with Crippen molar-refractivity contribution in [3.8, 4) is 0 Å². The summed E-state index contributed by atoms with van der Waals surface area (Å²) in [5.41, 5.74) is 0. The van der Waals surface area contributed by atoms with Crippen molar-refractivity contribution in [1.29, 1.82) is 0 Å². The first-order valence-electron chi connectivity index (χ1n) is 7.85. The van der Waals surface area contributed by atoms with Crippen LogP contribution in [0.4, 0.5) is 22.0 Å². The van der Waals surface area contributed by atoms with Crippen molar-refractivity contribution in [2.75, 3.05) is 59.6 Å². The van der Waals surface area contributed by atoms with Gasteiger partial charge in [-0.15, -0.1) is 0 Å². The highest BCUT2D eigenvalue weighted by Crippen LogP contribution is 2.22. The molecule has 131 valence electrons. The summed E-state index contributed by atoms with van der Waals surface area (Å²) in [6.45, 7) is -3.57. The van der Waals surface area contributed by atoms with Crippen LogP contribution in [0.15, 0.2) is 0 Å². The molecule has 3 radical (unpaired) electrons. The van der Waals surface area contributed by atoms with Crippen LogP contribution >= 0.6 is 0 Å². The summed E-state index contributed by atoms with van der Waals surface area (Å²) in [5, 5.41) is 0. The third-order valence-corrected chi connectivity index (χ3v) is 3.99. The third kappa shape index (κ3) is 4.46. The lowest BCUT2D eigenvalue weighted by atomic mass is 9.58. The van der Waals surface area contributed by atoms with Gasteiger partial charge in [0.2, 0.25) is 0 Å². The minimum atomic E-state index is -0.839. The zero-order chi connectivity index (χ0) is 17.5. The quantitative estimate of drug-likeness (QED) is 0.403. The molecule has 2 heterocycles. The molecule has 2 aliphatic rings. The lowest BCUT2D eigenvalue weighted by Gasteiger charge is -2.56. The molecule has 2 aliphatic heterocycles. The number of nitrogens with zero attached hydrogens (tertiary/aromatic N) is 5. The Labute approximate surface area is 142 Å². The SMILES string of the molecule is FCCN1[B]N2[B]N(CCF)C(CF)N(CCF)B2N(CCF)[B]1. The maximum Gasteiger partial charge on any atom is 0.372 e. The molecular formula is C10H19B4F5N5. The van der Waals surface area contributed by atoms with Crippen LogP contribution in [0.25, 0.3) is 0 Å². The summed E-state index contributed by atoms with van der Waals surface area (Å²) < 4.78 is 69.6. The van der Waals surface area contributed by atoms with Gasteiger partial charge >= 0.3 is 7.12 Å². The highest BCUT2D eigenvalue weighted by atomic mass is 19.1. The molecule has 0 saturated carbocycles. The molecule has 5 nitrogen and oxygen atoms in total. The lowest BCUT2D eigenvalue weighted by Crippen LogP contribution is -2.82. The molecule has 0 bridgehead atoms. The summed E-state index contributed by atoms with van der Waals surface area (Å²) in [4.78, 5) is 2.96. The monoisotopic (exact) mass is 348 g/mol. The Kier molecular flexibility index (Phi) is 8.35. The van der Waals surface area contributed by atoms with E-state index in [9.17, 15) is 22.0 Å². The van der Waals surface area contributed by atoms with E-state index < -0.39 is 46.7 Å². The first-order valence-corrected chi connectivity index (χ1v) is 7.85. The van der Waals surface area contributed by atoms with Gasteiger partial charge in [0.05, 0.1) is 6.17 Å². The molecule has 1 atom stereocenters. The van der Waals surface area contributed by atoms with Gasteiger partial charge in [-0.25, -0.2) is 22.0 Å². The van der Waals surface area contributed by atoms with Gasteiger partial charge in [-0.3, -0.25) is 4.81 Å². The number of halogens is 5. The van der Waals surface area contributed by atoms with E-state index in [0.29, 0.717) is 0 Å². The van der Waals surface area contributed by atoms with Crippen LogP contribution in [0.1, 0.15) is 0 Å². The molecule has 0 aliphatic carbocycles. The largest absolute Gasteiger partial charge is 0.378 e. The number of hydrogen-bond acceptors (Lipinski definition) is 5. The molecule has 1 unspecified atom stereocenters. The molecule has 0 N–H and O–H groups in total. The molecule has 0 aromatic carbocycles. The van der Waals surface area contributed by atoms with Crippen molar-refractivity contribution in [1.82, 2.24) is 23.7 Å². The predicted molar refractivity (Wildman–Crippen MR) is 85.3 cm³/mol. The van der Waals surface area contributed by atoms with Crippen molar-refractivity contribution >= 4 is 29.8 Å². The van der Waals surface area contributed by atoms with Crippen LogP contribution < -0.4 is 0 Å². The molecule has 2 rings (SSSR count). The van der Waals surface area contributed by atoms with Gasteiger partial charge in [-0.1, -0.05) is 0 Å². The third-order valence-electron chi connectivity index (χ3n) is 3.99. The smallest absolute Gasteiger partial charge is 0.372 e. The first kappa shape index (κ1) is 20.0. The van der Waals surface area contributed by atoms with Crippen molar-refractivity contribution in [3.63, 3.8) is 0 Å². The summed E-state index contributed by atoms with van der Waals surface area (Å²) in [6, 6.07) is 0. The summed E-state index contributed by atoms with van der Waals surface area (Å²) in [5.74, 6) is 0. The van der Waals surface area contributed by atoms with Gasteiger partial charge < -0.3 is 18.9 Å². The van der Waals surface area contributed by atoms with Crippen LogP contribution in [-0.4, -0.2) is 119 Å². The average Bonchev–Trinajstić information content (AvgIpc) is 2.56. The van der Waals surface area contributed by atoms with E-state index in [2.05, 4.69) is 0 Å². The topological polar surface area (TPSA) is 16.2 Å². The van der Waals surface area contributed by atoms with E-state index in [1.807, 2.05) is 0 Å². The van der Waals surface area contributed by atoms with E-state index in [-0.39, 0.29) is 26.2 Å². The van der Waals surface area contributed by atoms with Crippen molar-refractivity contribution in [2.24, 2.45) is 0 Å². The summed E-state index contributed by atoms with van der Waals surface area (Å²) in [7, 11) is 4.00. The van der Waals surface area contributed by atoms with Crippen molar-refractivity contribution < 1.29 is 22.0 Å². The maximum absolute atomic E-state index is 13.6. The number of alkyl halides is 5. The normalized spacial score (nSPS) is 24.4. The molecule has 14 heteroatoms. The molecule has 0 aromatic heterocycles. The summed E-state index contributed by atoms with van der Waals surface area (Å²) >= 11 is 0. The molecular weight excluding hydrogens is 328 g/mol. The average molecular weight is 348 g/mol. The zero-order valence-electron chi connectivity index (χ0n) is 13.4. The van der Waals surface area contributed by atoms with Gasteiger partial charge in [0.1, 0.15) is 33.4 Å². The Balaban J connectivity index is 2.24. The molecule has 0 spiro atoms. The minimum absolute atomic E-state index is 0.00344. The molecule has 2 fully saturated rings. The lowest BCUT2D eigenvalue weighted by molar-refractivity contribution is 0.101. The number of rotatable bonds is 9. The second kappa shape index (κ2) is 10.0. The zero-order valence-corrected chi connectivity index (χ0v) is 13.4. The van der Waals surface area contributed by atoms with Crippen LogP contribution in [0.3, 0.4) is 0 Å². The van der Waals surface area contributed by atoms with Crippen LogP contribution in [0.2, 0.25) is 0 Å². The summed E-state index contributed by atoms with van der Waals surface area (Å²) in [6.07, 6.45) is -0.839. The fourth-order valence-electron chi connectivity index (χ4n) is 3.05. The highest BCUT2D eigenvalue weighted by molar-refractivity contribution is 6.80. The fourth-order valence-corrected chi connectivity index (χ4v) is 3.05. The Bertz CT molecular complexity index is 379. The highest BCUT2D eigenvalue weighted by Gasteiger charge is 2.50. The van der Waals surface area contributed by atoms with E-state index in [0.717, 1.165) is 0 Å². The van der Waals surface area contributed by atoms with Crippen LogP contribution in [0, 0.1) is 0 Å². The van der Waals surface area contributed by atoms with Gasteiger partial charge in [0, 0.05) is 26.2 Å². The second-order valence-electron chi connectivity index (χ2n) is 5.48. The second-order valence-corrected chi connectivity index (χ2v) is 5.48. The number of hydrogen-bond donors (Lipinski definition) is 0. The van der Waals surface area contributed by atoms with E-state index in [4.69, 9.17) is 0 Å². The molecule has 2 saturated heterocycles. The van der Waals surface area contributed by atoms with Crippen LogP contribution in [0.5, 0.6) is 0 Å². The van der Waals surface area contributed by atoms with E-state index in [1.165, 1.54) is 21.9 Å². The molecule has 0 amide bonds. The predicted octanol–water partition coefficient (Wildman–Crippen LogP) is -0.715. The van der Waals surface area contributed by atoms with Gasteiger partial charge in [0.25, 0.3) is 22.6 Å². The van der Waals surface area contributed by atoms with Crippen molar-refractivity contribution in [3.05, 3.63) is 0 Å². The van der Waals surface area contributed by atoms with Gasteiger partial charge in [0.15, 0.2) is 0 Å². The molecule has 24 heavy (non-hydrogen) atoms. The van der Waals surface area contributed by atoms with Crippen molar-refractivity contribution in [2.45, 2.75) is 6.17 Å². The number of fused-ring (bicyclic) bond motifs is 1. The minimum Gasteiger partial charge on any atom is -0.378 e. The Morgan fingerprint density at radius 2 is 1.42 bits per heavy atom. The van der Waals surface area contributed by atoms with Crippen LogP contribution in [-0.2, 0) is 0 Å².